The van der Waals surface area contributed by atoms with E-state index < -0.39 is 35.7 Å². The number of carboxylic acids is 1. The van der Waals surface area contributed by atoms with E-state index in [1.165, 1.54) is 0 Å². The summed E-state index contributed by atoms with van der Waals surface area (Å²) in [5, 5.41) is 19.4. The lowest BCUT2D eigenvalue weighted by Gasteiger charge is -2.54. The first-order valence-corrected chi connectivity index (χ1v) is 5.44. The third-order valence-electron chi connectivity index (χ3n) is 4.42. The zero-order chi connectivity index (χ0) is 12.2. The molecular weight excluding hydrogens is 218 g/mol. The molecule has 3 nitrogen and oxygen atoms in total. The summed E-state index contributed by atoms with van der Waals surface area (Å²) in [6.07, 6.45) is 0.237. The van der Waals surface area contributed by atoms with Crippen molar-refractivity contribution in [2.75, 3.05) is 13.3 Å². The van der Waals surface area contributed by atoms with E-state index in [9.17, 15) is 18.7 Å². The van der Waals surface area contributed by atoms with Crippen LogP contribution in [0.15, 0.2) is 0 Å². The molecule has 0 spiro atoms. The molecule has 5 heteroatoms. The largest absolute Gasteiger partial charge is 0.481 e. The first kappa shape index (κ1) is 11.8. The van der Waals surface area contributed by atoms with Crippen LogP contribution in [0.2, 0.25) is 0 Å². The van der Waals surface area contributed by atoms with Crippen molar-refractivity contribution in [3.05, 3.63) is 0 Å². The zero-order valence-electron chi connectivity index (χ0n) is 9.17. The van der Waals surface area contributed by atoms with Crippen LogP contribution in [0.25, 0.3) is 0 Å². The highest BCUT2D eigenvalue weighted by molar-refractivity contribution is 5.80. The summed E-state index contributed by atoms with van der Waals surface area (Å²) >= 11 is 0. The van der Waals surface area contributed by atoms with Crippen LogP contribution >= 0.6 is 0 Å². The topological polar surface area (TPSA) is 57.5 Å². The van der Waals surface area contributed by atoms with Crippen molar-refractivity contribution >= 4 is 5.97 Å². The van der Waals surface area contributed by atoms with E-state index in [-0.39, 0.29) is 18.8 Å². The quantitative estimate of drug-likeness (QED) is 0.775. The maximum absolute atomic E-state index is 12.6. The first-order chi connectivity index (χ1) is 7.36. The van der Waals surface area contributed by atoms with Gasteiger partial charge in [-0.1, -0.05) is 6.92 Å². The number of aliphatic hydroxyl groups is 1. The molecule has 2 unspecified atom stereocenters. The summed E-state index contributed by atoms with van der Waals surface area (Å²) < 4.78 is 25.3. The van der Waals surface area contributed by atoms with Crippen molar-refractivity contribution in [2.45, 2.75) is 31.8 Å². The second kappa shape index (κ2) is 3.15. The van der Waals surface area contributed by atoms with E-state index in [0.29, 0.717) is 6.42 Å². The fraction of sp³-hybridized carbons (Fsp3) is 0.909. The van der Waals surface area contributed by atoms with Crippen molar-refractivity contribution in [1.82, 2.24) is 0 Å². The molecule has 0 radical (unpaired) electrons. The lowest BCUT2D eigenvalue weighted by atomic mass is 9.54. The minimum atomic E-state index is -1.42. The van der Waals surface area contributed by atoms with Crippen molar-refractivity contribution in [2.24, 2.45) is 16.7 Å². The van der Waals surface area contributed by atoms with Crippen LogP contribution in [0.1, 0.15) is 26.2 Å². The number of rotatable bonds is 4. The van der Waals surface area contributed by atoms with Crippen LogP contribution in [0.5, 0.6) is 0 Å². The molecule has 0 aliphatic heterocycles. The highest BCUT2D eigenvalue weighted by Gasteiger charge is 2.75. The molecule has 2 aliphatic rings. The van der Waals surface area contributed by atoms with Gasteiger partial charge in [0, 0.05) is 5.41 Å². The van der Waals surface area contributed by atoms with Crippen molar-refractivity contribution in [3.63, 3.8) is 0 Å². The Morgan fingerprint density at radius 1 is 1.38 bits per heavy atom. The molecular formula is C11H16F2O3. The second-order valence-electron chi connectivity index (χ2n) is 5.53. The fourth-order valence-electron chi connectivity index (χ4n) is 3.30. The predicted octanol–water partition coefficient (Wildman–Crippen LogP) is 1.55. The lowest BCUT2D eigenvalue weighted by molar-refractivity contribution is -0.202. The number of carboxylic acid groups (broad SMARTS) is 1. The third-order valence-corrected chi connectivity index (χ3v) is 4.42. The monoisotopic (exact) mass is 234 g/mol. The molecule has 0 aromatic heterocycles. The SMILES string of the molecule is CC1CC1(C(=O)O)C1(O)CC(CF)(CF)C1. The summed E-state index contributed by atoms with van der Waals surface area (Å²) in [5.74, 6) is -1.17. The average molecular weight is 234 g/mol. The van der Waals surface area contributed by atoms with E-state index in [2.05, 4.69) is 0 Å². The van der Waals surface area contributed by atoms with Gasteiger partial charge in [-0.25, -0.2) is 0 Å². The Labute approximate surface area is 92.5 Å². The van der Waals surface area contributed by atoms with Crippen molar-refractivity contribution in [3.8, 4) is 0 Å². The fourth-order valence-corrected chi connectivity index (χ4v) is 3.30. The highest BCUT2D eigenvalue weighted by Crippen LogP contribution is 2.69. The molecule has 0 heterocycles. The van der Waals surface area contributed by atoms with Gasteiger partial charge >= 0.3 is 5.97 Å². The number of hydrogen-bond donors (Lipinski definition) is 2. The maximum Gasteiger partial charge on any atom is 0.312 e. The smallest absolute Gasteiger partial charge is 0.312 e. The number of halogens is 2. The molecule has 0 saturated heterocycles. The Kier molecular flexibility index (Phi) is 2.32. The van der Waals surface area contributed by atoms with Gasteiger partial charge in [0.25, 0.3) is 0 Å². The van der Waals surface area contributed by atoms with E-state index in [4.69, 9.17) is 5.11 Å². The lowest BCUT2D eigenvalue weighted by Crippen LogP contribution is -2.61. The molecule has 2 aliphatic carbocycles. The van der Waals surface area contributed by atoms with Crippen LogP contribution in [0, 0.1) is 16.7 Å². The number of carbonyl (C=O) groups is 1. The Morgan fingerprint density at radius 3 is 2.06 bits per heavy atom. The van der Waals surface area contributed by atoms with Gasteiger partial charge in [-0.05, 0) is 25.2 Å². The molecule has 2 rings (SSSR count). The van der Waals surface area contributed by atoms with Gasteiger partial charge in [0.05, 0.1) is 24.4 Å². The Morgan fingerprint density at radius 2 is 1.81 bits per heavy atom. The number of hydrogen-bond acceptors (Lipinski definition) is 2. The van der Waals surface area contributed by atoms with Gasteiger partial charge in [-0.3, -0.25) is 13.6 Å². The van der Waals surface area contributed by atoms with Gasteiger partial charge in [-0.15, -0.1) is 0 Å². The summed E-state index contributed by atoms with van der Waals surface area (Å²) in [6, 6.07) is 0. The van der Waals surface area contributed by atoms with E-state index >= 15 is 0 Å². The molecule has 0 aromatic rings. The molecule has 0 amide bonds. The van der Waals surface area contributed by atoms with Gasteiger partial charge in [0.2, 0.25) is 0 Å². The summed E-state index contributed by atoms with van der Waals surface area (Å²) in [7, 11) is 0. The molecule has 92 valence electrons. The molecule has 2 N–H and O–H groups in total. The molecule has 2 atom stereocenters. The van der Waals surface area contributed by atoms with Gasteiger partial charge in [0.15, 0.2) is 0 Å². The van der Waals surface area contributed by atoms with Crippen LogP contribution in [0.4, 0.5) is 8.78 Å². The molecule has 0 aromatic carbocycles. The van der Waals surface area contributed by atoms with Crippen LogP contribution < -0.4 is 0 Å². The van der Waals surface area contributed by atoms with E-state index in [1.54, 1.807) is 6.92 Å². The highest BCUT2D eigenvalue weighted by atomic mass is 19.1. The average Bonchev–Trinajstić information content (AvgIpc) is 2.87. The normalized spacial score (nSPS) is 38.9. The Balaban J connectivity index is 2.16. The number of alkyl halides is 2. The molecule has 2 fully saturated rings. The Hall–Kier alpha value is -0.710. The van der Waals surface area contributed by atoms with Gasteiger partial charge in [-0.2, -0.15) is 0 Å². The third kappa shape index (κ3) is 1.18. The van der Waals surface area contributed by atoms with Crippen LogP contribution in [-0.4, -0.2) is 35.1 Å². The molecule has 0 bridgehead atoms. The van der Waals surface area contributed by atoms with Gasteiger partial charge in [0.1, 0.15) is 0 Å². The minimum Gasteiger partial charge on any atom is -0.481 e. The van der Waals surface area contributed by atoms with Crippen molar-refractivity contribution in [1.29, 1.82) is 0 Å². The van der Waals surface area contributed by atoms with E-state index in [0.717, 1.165) is 0 Å². The zero-order valence-corrected chi connectivity index (χ0v) is 9.17. The van der Waals surface area contributed by atoms with Crippen molar-refractivity contribution < 1.29 is 23.8 Å². The Bertz CT molecular complexity index is 319. The maximum atomic E-state index is 12.6. The van der Waals surface area contributed by atoms with Gasteiger partial charge < -0.3 is 10.2 Å². The minimum absolute atomic E-state index is 0.0797. The summed E-state index contributed by atoms with van der Waals surface area (Å²) in [4.78, 5) is 11.2. The standard InChI is InChI=1S/C11H16F2O3/c1-7-2-11(7,8(14)15)10(16)3-9(4-10,5-12)6-13/h7,16H,2-6H2,1H3,(H,14,15). The second-order valence-corrected chi connectivity index (χ2v) is 5.53. The summed E-state index contributed by atoms with van der Waals surface area (Å²) in [5.41, 5.74) is -3.73. The molecule has 2 saturated carbocycles. The summed E-state index contributed by atoms with van der Waals surface area (Å²) in [6.45, 7) is 0.0722. The van der Waals surface area contributed by atoms with Crippen LogP contribution in [0.3, 0.4) is 0 Å². The molecule has 16 heavy (non-hydrogen) atoms. The predicted molar refractivity (Wildman–Crippen MR) is 52.4 cm³/mol. The first-order valence-electron chi connectivity index (χ1n) is 5.44. The van der Waals surface area contributed by atoms with Crippen LogP contribution in [-0.2, 0) is 4.79 Å². The van der Waals surface area contributed by atoms with E-state index in [1.807, 2.05) is 0 Å². The number of aliphatic carboxylic acids is 1.